The molecule has 0 atom stereocenters. The fourth-order valence-electron chi connectivity index (χ4n) is 2.46. The monoisotopic (exact) mass is 519 g/mol. The van der Waals surface area contributed by atoms with Gasteiger partial charge in [-0.05, 0) is 42.0 Å². The summed E-state index contributed by atoms with van der Waals surface area (Å²) >= 11 is 15.1. The quantitative estimate of drug-likeness (QED) is 0.258. The van der Waals surface area contributed by atoms with E-state index in [-0.39, 0.29) is 5.02 Å². The average molecular weight is 521 g/mol. The lowest BCUT2D eigenvalue weighted by Crippen LogP contribution is -2.32. The number of nitrogens with zero attached hydrogens (tertiary/aromatic N) is 1. The maximum Gasteiger partial charge on any atom is 0.329 e. The van der Waals surface area contributed by atoms with Crippen molar-refractivity contribution in [2.75, 3.05) is 5.32 Å². The number of ether oxygens (including phenoxy) is 1. The molecule has 2 N–H and O–H groups in total. The average Bonchev–Trinajstić information content (AvgIpc) is 2.76. The van der Waals surface area contributed by atoms with Crippen LogP contribution in [0.25, 0.3) is 0 Å². The normalized spacial score (nSPS) is 10.7. The van der Waals surface area contributed by atoms with Gasteiger partial charge < -0.3 is 10.1 Å². The minimum absolute atomic E-state index is 0.260. The van der Waals surface area contributed by atoms with Gasteiger partial charge in [-0.15, -0.1) is 0 Å². The zero-order valence-electron chi connectivity index (χ0n) is 15.9. The van der Waals surface area contributed by atoms with Crippen molar-refractivity contribution in [1.29, 1.82) is 0 Å². The summed E-state index contributed by atoms with van der Waals surface area (Å²) in [4.78, 5) is 24.0. The maximum atomic E-state index is 12.0. The topological polar surface area (TPSA) is 79.8 Å². The maximum absolute atomic E-state index is 12.0. The highest BCUT2D eigenvalue weighted by Crippen LogP contribution is 2.25. The summed E-state index contributed by atoms with van der Waals surface area (Å²) in [5, 5.41) is 6.88. The third kappa shape index (κ3) is 6.82. The van der Waals surface area contributed by atoms with E-state index in [4.69, 9.17) is 27.9 Å². The molecule has 3 aromatic carbocycles. The number of rotatable bonds is 6. The van der Waals surface area contributed by atoms with Crippen molar-refractivity contribution in [2.24, 2.45) is 5.10 Å². The second-order valence-corrected chi connectivity index (χ2v) is 7.97. The molecule has 0 aromatic heterocycles. The molecular formula is C22H16BrCl2N3O3. The minimum atomic E-state index is -0.941. The van der Waals surface area contributed by atoms with Crippen LogP contribution >= 0.6 is 39.1 Å². The van der Waals surface area contributed by atoms with Crippen LogP contribution in [0.1, 0.15) is 11.1 Å². The molecule has 0 heterocycles. The second-order valence-electron chi connectivity index (χ2n) is 6.24. The van der Waals surface area contributed by atoms with E-state index in [1.54, 1.807) is 12.1 Å². The van der Waals surface area contributed by atoms with E-state index >= 15 is 0 Å². The predicted molar refractivity (Wildman–Crippen MR) is 126 cm³/mol. The Morgan fingerprint density at radius 1 is 0.968 bits per heavy atom. The van der Waals surface area contributed by atoms with Crippen LogP contribution in [0, 0.1) is 0 Å². The number of hydrogen-bond acceptors (Lipinski definition) is 4. The number of nitrogens with one attached hydrogen (secondary N) is 2. The first-order valence-corrected chi connectivity index (χ1v) is 10.5. The third-order valence-corrected chi connectivity index (χ3v) is 5.19. The Morgan fingerprint density at radius 2 is 1.74 bits per heavy atom. The van der Waals surface area contributed by atoms with Gasteiger partial charge in [0.2, 0.25) is 0 Å². The van der Waals surface area contributed by atoms with Gasteiger partial charge in [-0.2, -0.15) is 5.10 Å². The zero-order valence-corrected chi connectivity index (χ0v) is 19.0. The Hall–Kier alpha value is -2.87. The summed E-state index contributed by atoms with van der Waals surface area (Å²) in [7, 11) is 0. The van der Waals surface area contributed by atoms with Gasteiger partial charge in [0.1, 0.15) is 12.4 Å². The lowest BCUT2D eigenvalue weighted by Gasteiger charge is -2.10. The van der Waals surface area contributed by atoms with Crippen molar-refractivity contribution in [1.82, 2.24) is 5.43 Å². The molecule has 31 heavy (non-hydrogen) atoms. The second kappa shape index (κ2) is 10.9. The van der Waals surface area contributed by atoms with Gasteiger partial charge in [0.15, 0.2) is 0 Å². The first kappa shape index (κ1) is 22.8. The Labute approximate surface area is 197 Å². The van der Waals surface area contributed by atoms with Gasteiger partial charge in [0.05, 0.1) is 16.3 Å². The van der Waals surface area contributed by atoms with Crippen molar-refractivity contribution >= 4 is 62.8 Å². The number of benzene rings is 3. The van der Waals surface area contributed by atoms with Crippen LogP contribution in [-0.4, -0.2) is 18.0 Å². The van der Waals surface area contributed by atoms with Gasteiger partial charge in [0.25, 0.3) is 0 Å². The van der Waals surface area contributed by atoms with Crippen LogP contribution in [0.15, 0.2) is 76.3 Å². The fraction of sp³-hybridized carbons (Fsp3) is 0.0455. The van der Waals surface area contributed by atoms with Crippen molar-refractivity contribution in [2.45, 2.75) is 6.61 Å². The highest BCUT2D eigenvalue weighted by molar-refractivity contribution is 9.10. The SMILES string of the molecule is O=C(N/N=C/c1cc(Br)ccc1OCc1ccccc1)C(=O)Nc1ccc(Cl)c(Cl)c1. The van der Waals surface area contributed by atoms with Crippen LogP contribution in [0.4, 0.5) is 5.69 Å². The highest BCUT2D eigenvalue weighted by atomic mass is 79.9. The number of amides is 2. The highest BCUT2D eigenvalue weighted by Gasteiger charge is 2.13. The van der Waals surface area contributed by atoms with E-state index < -0.39 is 11.8 Å². The van der Waals surface area contributed by atoms with E-state index in [0.29, 0.717) is 28.6 Å². The van der Waals surface area contributed by atoms with Crippen LogP contribution < -0.4 is 15.5 Å². The van der Waals surface area contributed by atoms with Crippen molar-refractivity contribution in [3.63, 3.8) is 0 Å². The van der Waals surface area contributed by atoms with E-state index in [0.717, 1.165) is 10.0 Å². The first-order chi connectivity index (χ1) is 14.9. The van der Waals surface area contributed by atoms with Gasteiger partial charge >= 0.3 is 11.8 Å². The molecule has 0 unspecified atom stereocenters. The molecule has 0 aliphatic rings. The van der Waals surface area contributed by atoms with Crippen LogP contribution in [0.3, 0.4) is 0 Å². The van der Waals surface area contributed by atoms with Gasteiger partial charge in [-0.3, -0.25) is 9.59 Å². The molecule has 6 nitrogen and oxygen atoms in total. The molecule has 0 fully saturated rings. The summed E-state index contributed by atoms with van der Waals surface area (Å²) < 4.78 is 6.67. The zero-order chi connectivity index (χ0) is 22.2. The number of halogens is 3. The first-order valence-electron chi connectivity index (χ1n) is 8.98. The van der Waals surface area contributed by atoms with E-state index in [1.807, 2.05) is 36.4 Å². The van der Waals surface area contributed by atoms with Crippen LogP contribution in [0.5, 0.6) is 5.75 Å². The summed E-state index contributed by atoms with van der Waals surface area (Å²) in [6, 6.07) is 19.6. The molecule has 0 aliphatic carbocycles. The largest absolute Gasteiger partial charge is 0.488 e. The smallest absolute Gasteiger partial charge is 0.329 e. The number of carbonyl (C=O) groups is 2. The molecule has 0 saturated heterocycles. The standard InChI is InChI=1S/C22H16BrCl2N3O3/c23-16-6-9-20(31-13-14-4-2-1-3-5-14)15(10-16)12-26-28-22(30)21(29)27-17-7-8-18(24)19(25)11-17/h1-12H,13H2,(H,27,29)(H,28,30)/b26-12+. The number of hydrogen-bond donors (Lipinski definition) is 2. The summed E-state index contributed by atoms with van der Waals surface area (Å²) in [5.74, 6) is -1.26. The molecule has 9 heteroatoms. The molecule has 0 spiro atoms. The molecule has 0 bridgehead atoms. The lowest BCUT2D eigenvalue weighted by molar-refractivity contribution is -0.136. The van der Waals surface area contributed by atoms with Crippen LogP contribution in [-0.2, 0) is 16.2 Å². The van der Waals surface area contributed by atoms with Crippen molar-refractivity contribution in [3.8, 4) is 5.75 Å². The Balaban J connectivity index is 1.61. The third-order valence-electron chi connectivity index (χ3n) is 3.96. The van der Waals surface area contributed by atoms with Gasteiger partial charge in [0, 0.05) is 15.7 Å². The Morgan fingerprint density at radius 3 is 2.48 bits per heavy atom. The van der Waals surface area contributed by atoms with E-state index in [2.05, 4.69) is 31.8 Å². The summed E-state index contributed by atoms with van der Waals surface area (Å²) in [6.07, 6.45) is 1.40. The molecule has 3 aromatic rings. The molecule has 0 saturated carbocycles. The molecule has 3 rings (SSSR count). The molecule has 158 valence electrons. The molecular weight excluding hydrogens is 505 g/mol. The lowest BCUT2D eigenvalue weighted by atomic mass is 10.2. The van der Waals surface area contributed by atoms with Crippen molar-refractivity contribution < 1.29 is 14.3 Å². The number of anilines is 1. The summed E-state index contributed by atoms with van der Waals surface area (Å²) in [6.45, 7) is 0.377. The van der Waals surface area contributed by atoms with E-state index in [9.17, 15) is 9.59 Å². The van der Waals surface area contributed by atoms with Gasteiger partial charge in [-0.1, -0.05) is 69.5 Å². The fourth-order valence-corrected chi connectivity index (χ4v) is 3.14. The number of hydrazone groups is 1. The van der Waals surface area contributed by atoms with Gasteiger partial charge in [-0.25, -0.2) is 5.43 Å². The Kier molecular flexibility index (Phi) is 8.06. The molecule has 0 aliphatic heterocycles. The van der Waals surface area contributed by atoms with E-state index in [1.165, 1.54) is 24.4 Å². The molecule has 0 radical (unpaired) electrons. The predicted octanol–water partition coefficient (Wildman–Crippen LogP) is 5.42. The molecule has 2 amide bonds. The minimum Gasteiger partial charge on any atom is -0.488 e. The Bertz CT molecular complexity index is 1120. The summed E-state index contributed by atoms with van der Waals surface area (Å²) in [5.41, 5.74) is 4.16. The van der Waals surface area contributed by atoms with Crippen molar-refractivity contribution in [3.05, 3.63) is 92.4 Å². The number of carbonyl (C=O) groups excluding carboxylic acids is 2. The van der Waals surface area contributed by atoms with Crippen LogP contribution in [0.2, 0.25) is 10.0 Å².